The summed E-state index contributed by atoms with van der Waals surface area (Å²) in [5, 5.41) is 6.50. The lowest BCUT2D eigenvalue weighted by atomic mass is 9.95. The van der Waals surface area contributed by atoms with Crippen molar-refractivity contribution >= 4 is 5.91 Å². The minimum atomic E-state index is 0.137. The number of aryl methyl sites for hydroxylation is 1. The maximum absolute atomic E-state index is 12.0. The number of piperidine rings is 1. The normalized spacial score (nSPS) is 23.7. The molecule has 98 valence electrons. The largest absolute Gasteiger partial charge is 0.353 e. The van der Waals surface area contributed by atoms with E-state index in [0.717, 1.165) is 25.1 Å². The van der Waals surface area contributed by atoms with Crippen molar-refractivity contribution in [1.29, 1.82) is 0 Å². The fourth-order valence-corrected chi connectivity index (χ4v) is 2.38. The van der Waals surface area contributed by atoms with Crippen molar-refractivity contribution in [2.45, 2.75) is 32.7 Å². The quantitative estimate of drug-likeness (QED) is 0.851. The molecule has 2 N–H and O–H groups in total. The average molecular weight is 246 g/mol. The van der Waals surface area contributed by atoms with Gasteiger partial charge in [-0.15, -0.1) is 0 Å². The third-order valence-corrected chi connectivity index (χ3v) is 3.62. The Morgan fingerprint density at radius 1 is 1.39 bits per heavy atom. The van der Waals surface area contributed by atoms with E-state index in [2.05, 4.69) is 36.6 Å². The fourth-order valence-electron chi connectivity index (χ4n) is 2.38. The smallest absolute Gasteiger partial charge is 0.224 e. The first-order valence-electron chi connectivity index (χ1n) is 6.71. The van der Waals surface area contributed by atoms with E-state index in [0.29, 0.717) is 18.4 Å². The number of carbonyl (C=O) groups is 1. The first kappa shape index (κ1) is 13.1. The van der Waals surface area contributed by atoms with Crippen LogP contribution in [0.25, 0.3) is 0 Å². The summed E-state index contributed by atoms with van der Waals surface area (Å²) in [4.78, 5) is 12.0. The van der Waals surface area contributed by atoms with Gasteiger partial charge in [0.05, 0.1) is 6.42 Å². The molecule has 3 nitrogen and oxygen atoms in total. The van der Waals surface area contributed by atoms with Crippen LogP contribution >= 0.6 is 0 Å². The van der Waals surface area contributed by atoms with Crippen LogP contribution in [0, 0.1) is 12.8 Å². The highest BCUT2D eigenvalue weighted by Crippen LogP contribution is 2.11. The molecule has 1 amide bonds. The lowest BCUT2D eigenvalue weighted by molar-refractivity contribution is -0.121. The van der Waals surface area contributed by atoms with Crippen LogP contribution in [0.2, 0.25) is 0 Å². The lowest BCUT2D eigenvalue weighted by Crippen LogP contribution is -2.48. The molecule has 1 aromatic carbocycles. The minimum absolute atomic E-state index is 0.137. The van der Waals surface area contributed by atoms with Crippen LogP contribution in [0.3, 0.4) is 0 Å². The van der Waals surface area contributed by atoms with Gasteiger partial charge in [-0.05, 0) is 37.9 Å². The lowest BCUT2D eigenvalue weighted by Gasteiger charge is -2.30. The van der Waals surface area contributed by atoms with Gasteiger partial charge in [0.25, 0.3) is 0 Å². The Kier molecular flexibility index (Phi) is 4.37. The predicted octanol–water partition coefficient (Wildman–Crippen LogP) is 1.65. The first-order chi connectivity index (χ1) is 8.65. The van der Waals surface area contributed by atoms with Crippen LogP contribution in [0.4, 0.5) is 0 Å². The zero-order valence-corrected chi connectivity index (χ0v) is 11.2. The number of hydrogen-bond donors (Lipinski definition) is 2. The number of nitrogens with one attached hydrogen (secondary N) is 2. The van der Waals surface area contributed by atoms with Crippen LogP contribution in [-0.2, 0) is 11.2 Å². The number of carbonyl (C=O) groups excluding carboxylic acids is 1. The summed E-state index contributed by atoms with van der Waals surface area (Å²) in [6, 6.07) is 8.48. The molecule has 1 saturated heterocycles. The fraction of sp³-hybridized carbons (Fsp3) is 0.533. The molecular formula is C15H22N2O. The highest BCUT2D eigenvalue weighted by molar-refractivity contribution is 5.78. The third-order valence-electron chi connectivity index (χ3n) is 3.62. The molecule has 2 rings (SSSR count). The van der Waals surface area contributed by atoms with Crippen LogP contribution in [-0.4, -0.2) is 25.0 Å². The standard InChI is InChI=1S/C15H22N2O/c1-11-3-5-13(6-4-11)9-15(18)17-14-7-8-16-10-12(14)2/h3-6,12,14,16H,7-10H2,1-2H3,(H,17,18). The van der Waals surface area contributed by atoms with Gasteiger partial charge in [0, 0.05) is 6.04 Å². The molecule has 1 aliphatic heterocycles. The Morgan fingerprint density at radius 2 is 2.11 bits per heavy atom. The maximum atomic E-state index is 12.0. The molecule has 2 atom stereocenters. The first-order valence-corrected chi connectivity index (χ1v) is 6.71. The molecule has 2 unspecified atom stereocenters. The van der Waals surface area contributed by atoms with Gasteiger partial charge in [-0.25, -0.2) is 0 Å². The van der Waals surface area contributed by atoms with E-state index in [1.807, 2.05) is 12.1 Å². The topological polar surface area (TPSA) is 41.1 Å². The molecule has 0 aliphatic carbocycles. The summed E-state index contributed by atoms with van der Waals surface area (Å²) in [6.45, 7) is 6.23. The van der Waals surface area contributed by atoms with Crippen LogP contribution < -0.4 is 10.6 Å². The van der Waals surface area contributed by atoms with Crippen molar-refractivity contribution in [2.75, 3.05) is 13.1 Å². The summed E-state index contributed by atoms with van der Waals surface area (Å²) in [5.41, 5.74) is 2.31. The van der Waals surface area contributed by atoms with Crippen molar-refractivity contribution < 1.29 is 4.79 Å². The van der Waals surface area contributed by atoms with E-state index in [1.165, 1.54) is 5.56 Å². The van der Waals surface area contributed by atoms with E-state index < -0.39 is 0 Å². The molecule has 0 aromatic heterocycles. The van der Waals surface area contributed by atoms with Gasteiger partial charge in [0.2, 0.25) is 5.91 Å². The van der Waals surface area contributed by atoms with E-state index in [-0.39, 0.29) is 5.91 Å². The monoisotopic (exact) mass is 246 g/mol. The summed E-state index contributed by atoms with van der Waals surface area (Å²) < 4.78 is 0. The highest BCUT2D eigenvalue weighted by Gasteiger charge is 2.22. The Hall–Kier alpha value is -1.35. The molecular weight excluding hydrogens is 224 g/mol. The average Bonchev–Trinajstić information content (AvgIpc) is 2.35. The Morgan fingerprint density at radius 3 is 2.78 bits per heavy atom. The van der Waals surface area contributed by atoms with Crippen molar-refractivity contribution in [3.05, 3.63) is 35.4 Å². The van der Waals surface area contributed by atoms with E-state index in [4.69, 9.17) is 0 Å². The van der Waals surface area contributed by atoms with Crippen molar-refractivity contribution in [3.8, 4) is 0 Å². The van der Waals surface area contributed by atoms with Gasteiger partial charge in [-0.1, -0.05) is 36.8 Å². The van der Waals surface area contributed by atoms with Crippen molar-refractivity contribution in [2.24, 2.45) is 5.92 Å². The number of amides is 1. The van der Waals surface area contributed by atoms with Gasteiger partial charge < -0.3 is 10.6 Å². The predicted molar refractivity (Wildman–Crippen MR) is 73.5 cm³/mol. The zero-order chi connectivity index (χ0) is 13.0. The molecule has 0 saturated carbocycles. The number of benzene rings is 1. The maximum Gasteiger partial charge on any atom is 0.224 e. The zero-order valence-electron chi connectivity index (χ0n) is 11.2. The Bertz CT molecular complexity index is 399. The number of rotatable bonds is 3. The molecule has 0 radical (unpaired) electrons. The Balaban J connectivity index is 1.86. The summed E-state index contributed by atoms with van der Waals surface area (Å²) in [5.74, 6) is 0.651. The second-order valence-electron chi connectivity index (χ2n) is 5.31. The minimum Gasteiger partial charge on any atom is -0.353 e. The summed E-state index contributed by atoms with van der Waals surface area (Å²) in [7, 11) is 0. The van der Waals surface area contributed by atoms with Gasteiger partial charge in [0.1, 0.15) is 0 Å². The summed E-state index contributed by atoms with van der Waals surface area (Å²) >= 11 is 0. The van der Waals surface area contributed by atoms with Crippen LogP contribution in [0.15, 0.2) is 24.3 Å². The molecule has 1 aliphatic rings. The van der Waals surface area contributed by atoms with Gasteiger partial charge in [-0.3, -0.25) is 4.79 Å². The molecule has 18 heavy (non-hydrogen) atoms. The van der Waals surface area contributed by atoms with Crippen LogP contribution in [0.1, 0.15) is 24.5 Å². The summed E-state index contributed by atoms with van der Waals surface area (Å²) in [6.07, 6.45) is 1.51. The van der Waals surface area contributed by atoms with Crippen LogP contribution in [0.5, 0.6) is 0 Å². The van der Waals surface area contributed by atoms with E-state index >= 15 is 0 Å². The van der Waals surface area contributed by atoms with Gasteiger partial charge >= 0.3 is 0 Å². The van der Waals surface area contributed by atoms with E-state index in [9.17, 15) is 4.79 Å². The van der Waals surface area contributed by atoms with Crippen molar-refractivity contribution in [3.63, 3.8) is 0 Å². The Labute approximate surface area is 109 Å². The van der Waals surface area contributed by atoms with Gasteiger partial charge in [0.15, 0.2) is 0 Å². The van der Waals surface area contributed by atoms with Crippen molar-refractivity contribution in [1.82, 2.24) is 10.6 Å². The molecule has 0 bridgehead atoms. The molecule has 1 heterocycles. The molecule has 1 fully saturated rings. The van der Waals surface area contributed by atoms with Gasteiger partial charge in [-0.2, -0.15) is 0 Å². The number of hydrogen-bond acceptors (Lipinski definition) is 2. The molecule has 0 spiro atoms. The second kappa shape index (κ2) is 6.01. The molecule has 3 heteroatoms. The SMILES string of the molecule is Cc1ccc(CC(=O)NC2CCNCC2C)cc1. The second-order valence-corrected chi connectivity index (χ2v) is 5.31. The third kappa shape index (κ3) is 3.57. The highest BCUT2D eigenvalue weighted by atomic mass is 16.1. The molecule has 1 aromatic rings. The van der Waals surface area contributed by atoms with E-state index in [1.54, 1.807) is 0 Å².